The molecule has 1 atom stereocenters. The molecule has 2 heterocycles. The average molecular weight is 374 g/mol. The van der Waals surface area contributed by atoms with Gasteiger partial charge in [0.15, 0.2) is 0 Å². The summed E-state index contributed by atoms with van der Waals surface area (Å²) in [6, 6.07) is 14.9. The van der Waals surface area contributed by atoms with Gasteiger partial charge in [0.25, 0.3) is 5.91 Å². The quantitative estimate of drug-likeness (QED) is 0.486. The van der Waals surface area contributed by atoms with E-state index in [1.165, 1.54) is 12.1 Å². The fraction of sp³-hybridized carbons (Fsp3) is 0.0909. The van der Waals surface area contributed by atoms with E-state index in [-0.39, 0.29) is 17.8 Å². The van der Waals surface area contributed by atoms with Crippen molar-refractivity contribution in [3.63, 3.8) is 0 Å². The third-order valence-corrected chi connectivity index (χ3v) is 4.67. The van der Waals surface area contributed by atoms with Crippen LogP contribution in [0.4, 0.5) is 10.1 Å². The lowest BCUT2D eigenvalue weighted by Gasteiger charge is -2.15. The Hall–Kier alpha value is -3.51. The Morgan fingerprint density at radius 3 is 2.68 bits per heavy atom. The molecule has 0 aliphatic carbocycles. The smallest absolute Gasteiger partial charge is 0.255 e. The number of nitrogens with zero attached hydrogens (tertiary/aromatic N) is 1. The zero-order valence-electron chi connectivity index (χ0n) is 15.2. The highest BCUT2D eigenvalue weighted by Gasteiger charge is 2.15. The maximum Gasteiger partial charge on any atom is 0.255 e. The molecule has 4 rings (SSSR count). The highest BCUT2D eigenvalue weighted by Crippen LogP contribution is 2.29. The van der Waals surface area contributed by atoms with Gasteiger partial charge in [-0.25, -0.2) is 9.37 Å². The Bertz CT molecular complexity index is 1150. The van der Waals surface area contributed by atoms with Crippen LogP contribution in [0.2, 0.25) is 0 Å². The van der Waals surface area contributed by atoms with Crippen molar-refractivity contribution in [3.8, 4) is 11.1 Å². The number of hydrogen-bond acceptors (Lipinski definition) is 3. The third-order valence-electron chi connectivity index (χ3n) is 4.67. The molecule has 0 aliphatic rings. The topological polar surface area (TPSA) is 83.8 Å². The van der Waals surface area contributed by atoms with E-state index in [1.807, 2.05) is 19.1 Å². The van der Waals surface area contributed by atoms with Crippen LogP contribution >= 0.6 is 0 Å². The largest absolute Gasteiger partial charge is 0.346 e. The van der Waals surface area contributed by atoms with Gasteiger partial charge in [-0.1, -0.05) is 18.2 Å². The van der Waals surface area contributed by atoms with Crippen molar-refractivity contribution in [2.24, 2.45) is 5.73 Å². The summed E-state index contributed by atoms with van der Waals surface area (Å²) in [4.78, 5) is 20.1. The Balaban J connectivity index is 1.71. The molecule has 2 aromatic carbocycles. The van der Waals surface area contributed by atoms with E-state index >= 15 is 0 Å². The maximum absolute atomic E-state index is 13.3. The van der Waals surface area contributed by atoms with Crippen LogP contribution in [-0.4, -0.2) is 15.9 Å². The first kappa shape index (κ1) is 17.9. The molecule has 0 fully saturated rings. The predicted octanol–water partition coefficient (Wildman–Crippen LogP) is 4.64. The highest BCUT2D eigenvalue weighted by atomic mass is 19.1. The van der Waals surface area contributed by atoms with Crippen molar-refractivity contribution in [1.29, 1.82) is 0 Å². The van der Waals surface area contributed by atoms with Gasteiger partial charge in [0.1, 0.15) is 11.5 Å². The Labute approximate surface area is 161 Å². The Kier molecular flexibility index (Phi) is 4.63. The van der Waals surface area contributed by atoms with Gasteiger partial charge in [0.05, 0.1) is 5.69 Å². The number of fused-ring (bicyclic) bond motifs is 1. The second kappa shape index (κ2) is 7.25. The molecule has 1 amide bonds. The number of aromatic nitrogens is 2. The number of nitrogens with one attached hydrogen (secondary N) is 2. The van der Waals surface area contributed by atoms with E-state index in [0.29, 0.717) is 16.9 Å². The molecule has 0 bridgehead atoms. The molecule has 28 heavy (non-hydrogen) atoms. The van der Waals surface area contributed by atoms with Gasteiger partial charge >= 0.3 is 0 Å². The van der Waals surface area contributed by atoms with Crippen LogP contribution in [-0.2, 0) is 0 Å². The predicted molar refractivity (Wildman–Crippen MR) is 108 cm³/mol. The summed E-state index contributed by atoms with van der Waals surface area (Å²) in [7, 11) is 0. The molecular weight excluding hydrogens is 355 g/mol. The molecule has 1 unspecified atom stereocenters. The molecule has 2 aromatic heterocycles. The summed E-state index contributed by atoms with van der Waals surface area (Å²) in [5, 5.41) is 3.77. The van der Waals surface area contributed by atoms with Crippen molar-refractivity contribution in [1.82, 2.24) is 9.97 Å². The summed E-state index contributed by atoms with van der Waals surface area (Å²) in [6.45, 7) is 1.88. The monoisotopic (exact) mass is 374 g/mol. The van der Waals surface area contributed by atoms with Crippen molar-refractivity contribution in [3.05, 3.63) is 83.9 Å². The van der Waals surface area contributed by atoms with Gasteiger partial charge in [-0.3, -0.25) is 4.79 Å². The minimum Gasteiger partial charge on any atom is -0.346 e. The molecule has 4 N–H and O–H groups in total. The summed E-state index contributed by atoms with van der Waals surface area (Å²) >= 11 is 0. The number of carbonyl (C=O) groups excluding carboxylic acids is 1. The van der Waals surface area contributed by atoms with Gasteiger partial charge in [0.2, 0.25) is 0 Å². The van der Waals surface area contributed by atoms with Gasteiger partial charge < -0.3 is 16.0 Å². The first-order chi connectivity index (χ1) is 13.5. The number of pyridine rings is 1. The normalized spacial score (nSPS) is 12.1. The fourth-order valence-electron chi connectivity index (χ4n) is 3.24. The lowest BCUT2D eigenvalue weighted by atomic mass is 9.93. The van der Waals surface area contributed by atoms with E-state index in [4.69, 9.17) is 5.73 Å². The highest BCUT2D eigenvalue weighted by molar-refractivity contribution is 6.08. The lowest BCUT2D eigenvalue weighted by molar-refractivity contribution is 0.102. The number of carbonyl (C=O) groups is 1. The number of rotatable bonds is 4. The van der Waals surface area contributed by atoms with Crippen molar-refractivity contribution < 1.29 is 9.18 Å². The van der Waals surface area contributed by atoms with Crippen LogP contribution < -0.4 is 11.1 Å². The van der Waals surface area contributed by atoms with Crippen molar-refractivity contribution >= 4 is 22.6 Å². The molecule has 6 heteroatoms. The van der Waals surface area contributed by atoms with E-state index in [0.717, 1.165) is 22.1 Å². The zero-order valence-corrected chi connectivity index (χ0v) is 15.2. The van der Waals surface area contributed by atoms with E-state index in [9.17, 15) is 9.18 Å². The number of nitrogens with two attached hydrogens (primary N) is 1. The van der Waals surface area contributed by atoms with E-state index < -0.39 is 0 Å². The molecule has 0 radical (unpaired) electrons. The average Bonchev–Trinajstić information content (AvgIpc) is 3.18. The molecule has 0 aliphatic heterocycles. The fourth-order valence-corrected chi connectivity index (χ4v) is 3.24. The van der Waals surface area contributed by atoms with Crippen LogP contribution in [0.3, 0.4) is 0 Å². The van der Waals surface area contributed by atoms with Gasteiger partial charge in [-0.15, -0.1) is 0 Å². The number of halogens is 1. The number of H-pyrrole nitrogens is 1. The maximum atomic E-state index is 13.3. The number of anilines is 1. The SMILES string of the molecule is CC(N)c1ccc(C(=O)Nc2ccnc3[nH]ccc23)cc1-c1ccc(F)cc1. The Morgan fingerprint density at radius 2 is 1.93 bits per heavy atom. The van der Waals surface area contributed by atoms with Crippen LogP contribution in [0, 0.1) is 5.82 Å². The van der Waals surface area contributed by atoms with Crippen molar-refractivity contribution in [2.45, 2.75) is 13.0 Å². The van der Waals surface area contributed by atoms with Gasteiger partial charge in [-0.2, -0.15) is 0 Å². The van der Waals surface area contributed by atoms with Crippen LogP contribution in [0.25, 0.3) is 22.2 Å². The lowest BCUT2D eigenvalue weighted by Crippen LogP contribution is -2.14. The summed E-state index contributed by atoms with van der Waals surface area (Å²) < 4.78 is 13.3. The Morgan fingerprint density at radius 1 is 1.14 bits per heavy atom. The summed E-state index contributed by atoms with van der Waals surface area (Å²) in [5.41, 5.74) is 10.5. The molecule has 0 saturated heterocycles. The second-order valence-electron chi connectivity index (χ2n) is 6.65. The number of benzene rings is 2. The first-order valence-electron chi connectivity index (χ1n) is 8.92. The first-order valence-corrected chi connectivity index (χ1v) is 8.92. The minimum atomic E-state index is -0.312. The summed E-state index contributed by atoms with van der Waals surface area (Å²) in [5.74, 6) is -0.554. The van der Waals surface area contributed by atoms with Crippen LogP contribution in [0.1, 0.15) is 28.9 Å². The molecule has 0 saturated carbocycles. The summed E-state index contributed by atoms with van der Waals surface area (Å²) in [6.07, 6.45) is 3.41. The molecule has 140 valence electrons. The molecule has 0 spiro atoms. The molecule has 5 nitrogen and oxygen atoms in total. The van der Waals surface area contributed by atoms with Crippen LogP contribution in [0.5, 0.6) is 0 Å². The standard InChI is InChI=1S/C22H19FN4O/c1-13(24)17-7-4-15(12-19(17)14-2-5-16(23)6-3-14)22(28)27-20-9-11-26-21-18(20)8-10-25-21/h2-13H,24H2,1H3,(H2,25,26,27,28). The van der Waals surface area contributed by atoms with E-state index in [1.54, 1.807) is 42.7 Å². The van der Waals surface area contributed by atoms with Gasteiger partial charge in [0, 0.05) is 29.4 Å². The third kappa shape index (κ3) is 3.37. The molecular formula is C22H19FN4O. The van der Waals surface area contributed by atoms with Gasteiger partial charge in [-0.05, 0) is 60.0 Å². The van der Waals surface area contributed by atoms with Crippen molar-refractivity contribution in [2.75, 3.05) is 5.32 Å². The van der Waals surface area contributed by atoms with E-state index in [2.05, 4.69) is 15.3 Å². The number of hydrogen-bond donors (Lipinski definition) is 3. The minimum absolute atomic E-state index is 0.225. The number of aromatic amines is 1. The second-order valence-corrected chi connectivity index (χ2v) is 6.65. The zero-order chi connectivity index (χ0) is 19.7. The van der Waals surface area contributed by atoms with Crippen LogP contribution in [0.15, 0.2) is 67.0 Å². The molecule has 4 aromatic rings. The number of amides is 1.